The molecule has 0 spiro atoms. The second-order valence-corrected chi connectivity index (χ2v) is 7.62. The molecule has 1 atom stereocenters. The zero-order valence-electron chi connectivity index (χ0n) is 20.2. The molecule has 0 bridgehead atoms. The first-order valence-electron chi connectivity index (χ1n) is 10.9. The number of hydrogen-bond donors (Lipinski definition) is 3. The Balaban J connectivity index is 2.48. The Morgan fingerprint density at radius 3 is 2.66 bits per heavy atom. The van der Waals surface area contributed by atoms with Crippen LogP contribution in [0.1, 0.15) is 38.7 Å². The van der Waals surface area contributed by atoms with Crippen molar-refractivity contribution in [3.63, 3.8) is 0 Å². The SMILES string of the molecule is CCCNc1nc(NC)ncc1C#CCCCNC(=O)[C@H](C)N(C)C(=O)C=CCN(C)C. The summed E-state index contributed by atoms with van der Waals surface area (Å²) < 4.78 is 0. The van der Waals surface area contributed by atoms with E-state index in [2.05, 4.69) is 44.7 Å². The van der Waals surface area contributed by atoms with Gasteiger partial charge in [0.1, 0.15) is 11.9 Å². The lowest BCUT2D eigenvalue weighted by molar-refractivity contribution is -0.135. The number of nitrogens with one attached hydrogen (secondary N) is 3. The topological polar surface area (TPSA) is 102 Å². The van der Waals surface area contributed by atoms with Crippen LogP contribution in [-0.4, -0.2) is 85.4 Å². The van der Waals surface area contributed by atoms with Gasteiger partial charge in [0.25, 0.3) is 0 Å². The molecular weight excluding hydrogens is 406 g/mol. The average molecular weight is 444 g/mol. The Kier molecular flexibility index (Phi) is 12.5. The smallest absolute Gasteiger partial charge is 0.246 e. The molecule has 2 amide bonds. The summed E-state index contributed by atoms with van der Waals surface area (Å²) in [6.07, 6.45) is 7.29. The Hall–Kier alpha value is -3.12. The number of carbonyl (C=O) groups excluding carboxylic acids is 2. The molecule has 0 fully saturated rings. The minimum Gasteiger partial charge on any atom is -0.369 e. The molecule has 0 aliphatic carbocycles. The van der Waals surface area contributed by atoms with E-state index in [1.165, 1.54) is 11.0 Å². The van der Waals surface area contributed by atoms with Gasteiger partial charge in [-0.2, -0.15) is 4.98 Å². The molecule has 0 aliphatic rings. The van der Waals surface area contributed by atoms with Gasteiger partial charge in [0.15, 0.2) is 0 Å². The van der Waals surface area contributed by atoms with E-state index >= 15 is 0 Å². The van der Waals surface area contributed by atoms with Crippen molar-refractivity contribution in [1.82, 2.24) is 25.1 Å². The number of aromatic nitrogens is 2. The molecule has 9 heteroatoms. The van der Waals surface area contributed by atoms with Crippen LogP contribution in [0.25, 0.3) is 0 Å². The summed E-state index contributed by atoms with van der Waals surface area (Å²) in [5.41, 5.74) is 0.748. The van der Waals surface area contributed by atoms with Crippen LogP contribution in [0.2, 0.25) is 0 Å². The van der Waals surface area contributed by atoms with Crippen molar-refractivity contribution in [2.75, 3.05) is 58.5 Å². The van der Waals surface area contributed by atoms with Gasteiger partial charge in [-0.1, -0.05) is 24.8 Å². The Morgan fingerprint density at radius 2 is 2.00 bits per heavy atom. The van der Waals surface area contributed by atoms with Gasteiger partial charge in [-0.25, -0.2) is 4.98 Å². The monoisotopic (exact) mass is 443 g/mol. The second-order valence-electron chi connectivity index (χ2n) is 7.62. The summed E-state index contributed by atoms with van der Waals surface area (Å²) in [6.45, 7) is 5.77. The maximum atomic E-state index is 12.3. The molecule has 0 radical (unpaired) electrons. The van der Waals surface area contributed by atoms with Gasteiger partial charge in [-0.15, -0.1) is 0 Å². The van der Waals surface area contributed by atoms with E-state index < -0.39 is 6.04 Å². The summed E-state index contributed by atoms with van der Waals surface area (Å²) in [6, 6.07) is -0.548. The molecule has 3 N–H and O–H groups in total. The fraction of sp³-hybridized carbons (Fsp3) is 0.565. The van der Waals surface area contributed by atoms with Crippen LogP contribution in [0.3, 0.4) is 0 Å². The molecule has 32 heavy (non-hydrogen) atoms. The van der Waals surface area contributed by atoms with Gasteiger partial charge in [-0.3, -0.25) is 9.59 Å². The summed E-state index contributed by atoms with van der Waals surface area (Å²) >= 11 is 0. The number of hydrogen-bond acceptors (Lipinski definition) is 7. The Labute approximate surface area is 192 Å². The van der Waals surface area contributed by atoms with E-state index in [0.717, 1.165) is 18.5 Å². The highest BCUT2D eigenvalue weighted by Crippen LogP contribution is 2.12. The lowest BCUT2D eigenvalue weighted by Crippen LogP contribution is -2.45. The van der Waals surface area contributed by atoms with Gasteiger partial charge in [0, 0.05) is 46.2 Å². The number of unbranched alkanes of at least 4 members (excludes halogenated alkanes) is 1. The van der Waals surface area contributed by atoms with Crippen LogP contribution in [0.4, 0.5) is 11.8 Å². The third kappa shape index (κ3) is 9.79. The molecule has 176 valence electrons. The largest absolute Gasteiger partial charge is 0.369 e. The number of rotatable bonds is 12. The third-order valence-corrected chi connectivity index (χ3v) is 4.59. The van der Waals surface area contributed by atoms with E-state index in [0.29, 0.717) is 37.7 Å². The van der Waals surface area contributed by atoms with Crippen LogP contribution in [0, 0.1) is 11.8 Å². The normalized spacial score (nSPS) is 11.6. The zero-order chi connectivity index (χ0) is 23.9. The van der Waals surface area contributed by atoms with Gasteiger partial charge in [0.05, 0.1) is 11.8 Å². The maximum absolute atomic E-state index is 12.3. The van der Waals surface area contributed by atoms with E-state index in [9.17, 15) is 9.59 Å². The molecule has 0 aliphatic heterocycles. The number of amides is 2. The third-order valence-electron chi connectivity index (χ3n) is 4.59. The number of anilines is 2. The summed E-state index contributed by atoms with van der Waals surface area (Å²) in [4.78, 5) is 36.5. The Bertz CT molecular complexity index is 827. The van der Waals surface area contributed by atoms with E-state index in [1.54, 1.807) is 33.3 Å². The molecule has 1 aromatic heterocycles. The molecule has 9 nitrogen and oxygen atoms in total. The van der Waals surface area contributed by atoms with E-state index in [-0.39, 0.29) is 11.8 Å². The first kappa shape index (κ1) is 26.9. The van der Waals surface area contributed by atoms with Crippen molar-refractivity contribution in [2.45, 2.75) is 39.2 Å². The van der Waals surface area contributed by atoms with Crippen LogP contribution in [-0.2, 0) is 9.59 Å². The van der Waals surface area contributed by atoms with Crippen molar-refractivity contribution in [3.05, 3.63) is 23.9 Å². The summed E-state index contributed by atoms with van der Waals surface area (Å²) in [5, 5.41) is 9.06. The van der Waals surface area contributed by atoms with Crippen molar-refractivity contribution >= 4 is 23.6 Å². The molecule has 1 rings (SSSR count). The van der Waals surface area contributed by atoms with E-state index in [1.807, 2.05) is 19.0 Å². The second kappa shape index (κ2) is 14.8. The highest BCUT2D eigenvalue weighted by atomic mass is 16.2. The van der Waals surface area contributed by atoms with Crippen molar-refractivity contribution in [2.24, 2.45) is 0 Å². The van der Waals surface area contributed by atoms with Gasteiger partial charge >= 0.3 is 0 Å². The molecule has 1 aromatic rings. The lowest BCUT2D eigenvalue weighted by Gasteiger charge is -2.23. The van der Waals surface area contributed by atoms with Crippen LogP contribution >= 0.6 is 0 Å². The highest BCUT2D eigenvalue weighted by molar-refractivity contribution is 5.92. The van der Waals surface area contributed by atoms with Gasteiger partial charge in [-0.05, 0) is 33.9 Å². The predicted molar refractivity (Wildman–Crippen MR) is 129 cm³/mol. The molecule has 1 heterocycles. The lowest BCUT2D eigenvalue weighted by atomic mass is 10.2. The van der Waals surface area contributed by atoms with Crippen molar-refractivity contribution in [1.29, 1.82) is 0 Å². The number of carbonyl (C=O) groups is 2. The minimum atomic E-state index is -0.548. The van der Waals surface area contributed by atoms with Crippen LogP contribution < -0.4 is 16.0 Å². The molecule has 0 aromatic carbocycles. The zero-order valence-corrected chi connectivity index (χ0v) is 20.2. The quantitative estimate of drug-likeness (QED) is 0.256. The predicted octanol–water partition coefficient (Wildman–Crippen LogP) is 1.55. The summed E-state index contributed by atoms with van der Waals surface area (Å²) in [5.74, 6) is 7.10. The minimum absolute atomic E-state index is 0.183. The molecule has 0 saturated carbocycles. The van der Waals surface area contributed by atoms with Crippen molar-refractivity contribution in [3.8, 4) is 11.8 Å². The van der Waals surface area contributed by atoms with Crippen LogP contribution in [0.5, 0.6) is 0 Å². The van der Waals surface area contributed by atoms with Gasteiger partial charge in [0.2, 0.25) is 17.8 Å². The first-order chi connectivity index (χ1) is 15.3. The van der Waals surface area contributed by atoms with Crippen LogP contribution in [0.15, 0.2) is 18.3 Å². The van der Waals surface area contributed by atoms with E-state index in [4.69, 9.17) is 0 Å². The molecule has 0 unspecified atom stereocenters. The Morgan fingerprint density at radius 1 is 1.25 bits per heavy atom. The van der Waals surface area contributed by atoms with Crippen molar-refractivity contribution < 1.29 is 9.59 Å². The molecule has 0 saturated heterocycles. The first-order valence-corrected chi connectivity index (χ1v) is 10.9. The fourth-order valence-corrected chi connectivity index (χ4v) is 2.51. The van der Waals surface area contributed by atoms with Gasteiger partial charge < -0.3 is 25.8 Å². The molecular formula is C23H37N7O2. The maximum Gasteiger partial charge on any atom is 0.246 e. The standard InChI is InChI=1S/C23H37N7O2/c1-7-14-25-21-19(17-27-23(24-3)28-21)12-9-8-10-15-26-22(32)18(2)30(6)20(31)13-11-16-29(4)5/h11,13,17-18H,7-8,10,14-16H2,1-6H3,(H,26,32)(H2,24,25,27,28)/t18-/m0/s1. The average Bonchev–Trinajstić information content (AvgIpc) is 2.78. The highest BCUT2D eigenvalue weighted by Gasteiger charge is 2.20. The fourth-order valence-electron chi connectivity index (χ4n) is 2.51. The summed E-state index contributed by atoms with van der Waals surface area (Å²) in [7, 11) is 7.25. The number of likely N-dealkylation sites (N-methyl/N-ethyl adjacent to an activating group) is 2. The number of nitrogens with zero attached hydrogens (tertiary/aromatic N) is 4.